The molecule has 2 aliphatic rings. The first kappa shape index (κ1) is 21.3. The van der Waals surface area contributed by atoms with E-state index >= 15 is 0 Å². The summed E-state index contributed by atoms with van der Waals surface area (Å²) in [7, 11) is 3.31. The molecule has 0 amide bonds. The Morgan fingerprint density at radius 2 is 1.85 bits per heavy atom. The molecule has 148 valence electrons. The maximum absolute atomic E-state index is 9.83. The maximum atomic E-state index is 9.83. The van der Waals surface area contributed by atoms with Gasteiger partial charge in [0.2, 0.25) is 0 Å². The van der Waals surface area contributed by atoms with E-state index in [2.05, 4.69) is 11.0 Å². The zero-order chi connectivity index (χ0) is 17.6. The van der Waals surface area contributed by atoms with Crippen LogP contribution in [0.15, 0.2) is 18.2 Å². The van der Waals surface area contributed by atoms with E-state index in [1.165, 1.54) is 24.8 Å². The fraction of sp³-hybridized carbons (Fsp3) is 0.700. The van der Waals surface area contributed by atoms with Crippen LogP contribution in [0.4, 0.5) is 0 Å². The average molecular weight is 387 g/mol. The first-order chi connectivity index (χ1) is 12.2. The highest BCUT2D eigenvalue weighted by molar-refractivity contribution is 5.85. The van der Waals surface area contributed by atoms with Gasteiger partial charge in [-0.05, 0) is 43.4 Å². The Bertz CT molecular complexity index is 557. The molecule has 1 saturated heterocycles. The van der Waals surface area contributed by atoms with Crippen LogP contribution in [0.3, 0.4) is 0 Å². The smallest absolute Gasteiger partial charge is 0.160 e. The molecular weight excluding hydrogens is 355 g/mol. The summed E-state index contributed by atoms with van der Waals surface area (Å²) >= 11 is 0. The Balaban J connectivity index is 0.00000243. The van der Waals surface area contributed by atoms with Gasteiger partial charge < -0.3 is 19.3 Å². The summed E-state index contributed by atoms with van der Waals surface area (Å²) in [6.45, 7) is 2.52. The van der Waals surface area contributed by atoms with Crippen LogP contribution in [0.1, 0.15) is 37.7 Å². The number of hydrogen-bond acceptors (Lipinski definition) is 5. The summed E-state index contributed by atoms with van der Waals surface area (Å²) in [5.41, 5.74) is 1.20. The first-order valence-corrected chi connectivity index (χ1v) is 9.46. The van der Waals surface area contributed by atoms with Gasteiger partial charge in [0, 0.05) is 19.1 Å². The van der Waals surface area contributed by atoms with Crippen molar-refractivity contribution >= 4 is 12.4 Å². The Morgan fingerprint density at radius 3 is 2.54 bits per heavy atom. The fourth-order valence-electron chi connectivity index (χ4n) is 4.12. The molecular formula is C20H32ClNO4. The number of methoxy groups -OCH3 is 2. The lowest BCUT2D eigenvalue weighted by atomic mass is 9.91. The lowest BCUT2D eigenvalue weighted by molar-refractivity contribution is -0.0316. The van der Waals surface area contributed by atoms with Gasteiger partial charge in [0.15, 0.2) is 11.5 Å². The van der Waals surface area contributed by atoms with Crippen LogP contribution in [0.2, 0.25) is 0 Å². The average Bonchev–Trinajstić information content (AvgIpc) is 3.08. The molecule has 3 atom stereocenters. The van der Waals surface area contributed by atoms with Crippen molar-refractivity contribution in [2.45, 2.75) is 56.8 Å². The molecule has 1 N–H and O–H groups in total. The van der Waals surface area contributed by atoms with Crippen molar-refractivity contribution in [2.24, 2.45) is 0 Å². The van der Waals surface area contributed by atoms with Crippen LogP contribution >= 0.6 is 12.4 Å². The van der Waals surface area contributed by atoms with E-state index in [1.54, 1.807) is 14.2 Å². The second-order valence-corrected chi connectivity index (χ2v) is 7.14. The summed E-state index contributed by atoms with van der Waals surface area (Å²) < 4.78 is 16.9. The number of likely N-dealkylation sites (tertiary alicyclic amines) is 1. The number of aliphatic hydroxyl groups excluding tert-OH is 1. The highest BCUT2D eigenvalue weighted by Gasteiger charge is 2.34. The molecule has 1 aliphatic heterocycles. The predicted molar refractivity (Wildman–Crippen MR) is 105 cm³/mol. The van der Waals surface area contributed by atoms with Crippen molar-refractivity contribution in [1.29, 1.82) is 0 Å². The molecule has 1 saturated carbocycles. The van der Waals surface area contributed by atoms with Crippen molar-refractivity contribution in [2.75, 3.05) is 33.9 Å². The van der Waals surface area contributed by atoms with E-state index in [1.807, 2.05) is 12.1 Å². The lowest BCUT2D eigenvalue weighted by Crippen LogP contribution is -2.46. The zero-order valence-corrected chi connectivity index (χ0v) is 16.7. The van der Waals surface area contributed by atoms with Gasteiger partial charge in [-0.15, -0.1) is 12.4 Å². The first-order valence-electron chi connectivity index (χ1n) is 9.46. The molecule has 3 rings (SSSR count). The highest BCUT2D eigenvalue weighted by Crippen LogP contribution is 2.30. The summed E-state index contributed by atoms with van der Waals surface area (Å²) in [5.74, 6) is 1.52. The van der Waals surface area contributed by atoms with Gasteiger partial charge in [0.25, 0.3) is 0 Å². The van der Waals surface area contributed by atoms with Gasteiger partial charge in [-0.3, -0.25) is 4.90 Å². The molecule has 0 aromatic heterocycles. The van der Waals surface area contributed by atoms with Gasteiger partial charge in [0.05, 0.1) is 33.0 Å². The molecule has 0 radical (unpaired) electrons. The van der Waals surface area contributed by atoms with E-state index in [9.17, 15) is 5.11 Å². The molecule has 2 fully saturated rings. The Hall–Kier alpha value is -1.01. The fourth-order valence-corrected chi connectivity index (χ4v) is 4.12. The highest BCUT2D eigenvalue weighted by atomic mass is 35.5. The monoisotopic (exact) mass is 386 g/mol. The van der Waals surface area contributed by atoms with Crippen LogP contribution in [-0.2, 0) is 11.2 Å². The molecule has 0 bridgehead atoms. The van der Waals surface area contributed by atoms with Crippen LogP contribution in [0.5, 0.6) is 11.5 Å². The molecule has 1 heterocycles. The van der Waals surface area contributed by atoms with Crippen molar-refractivity contribution in [3.8, 4) is 11.5 Å². The lowest BCUT2D eigenvalue weighted by Gasteiger charge is -2.37. The van der Waals surface area contributed by atoms with Gasteiger partial charge in [-0.2, -0.15) is 0 Å². The topological polar surface area (TPSA) is 51.2 Å². The Kier molecular flexibility index (Phi) is 8.48. The number of rotatable bonds is 7. The van der Waals surface area contributed by atoms with E-state index in [0.717, 1.165) is 43.9 Å². The summed E-state index contributed by atoms with van der Waals surface area (Å²) in [5, 5.41) is 9.83. The van der Waals surface area contributed by atoms with E-state index in [0.29, 0.717) is 18.8 Å². The van der Waals surface area contributed by atoms with E-state index in [4.69, 9.17) is 14.2 Å². The van der Waals surface area contributed by atoms with Gasteiger partial charge in [-0.25, -0.2) is 0 Å². The molecule has 6 heteroatoms. The summed E-state index contributed by atoms with van der Waals surface area (Å²) in [4.78, 5) is 2.44. The van der Waals surface area contributed by atoms with Crippen LogP contribution in [0, 0.1) is 0 Å². The molecule has 0 spiro atoms. The minimum Gasteiger partial charge on any atom is -0.493 e. The number of hydrogen-bond donors (Lipinski definition) is 1. The second-order valence-electron chi connectivity index (χ2n) is 7.14. The van der Waals surface area contributed by atoms with Crippen molar-refractivity contribution in [3.05, 3.63) is 23.8 Å². The molecule has 1 aromatic rings. The number of benzene rings is 1. The van der Waals surface area contributed by atoms with Crippen molar-refractivity contribution < 1.29 is 19.3 Å². The van der Waals surface area contributed by atoms with Gasteiger partial charge in [-0.1, -0.05) is 18.9 Å². The molecule has 1 aromatic carbocycles. The number of nitrogens with zero attached hydrogens (tertiary/aromatic N) is 1. The molecule has 5 nitrogen and oxygen atoms in total. The van der Waals surface area contributed by atoms with Crippen LogP contribution in [0.25, 0.3) is 0 Å². The summed E-state index contributed by atoms with van der Waals surface area (Å²) in [6, 6.07) is 6.51. The Labute approximate surface area is 163 Å². The van der Waals surface area contributed by atoms with Crippen LogP contribution in [-0.4, -0.2) is 62.2 Å². The number of aliphatic hydroxyl groups is 1. The number of ether oxygens (including phenoxy) is 3. The molecule has 1 aliphatic carbocycles. The third-order valence-corrected chi connectivity index (χ3v) is 5.50. The quantitative estimate of drug-likeness (QED) is 0.730. The minimum absolute atomic E-state index is 0. The van der Waals surface area contributed by atoms with Crippen LogP contribution < -0.4 is 9.47 Å². The van der Waals surface area contributed by atoms with Crippen molar-refractivity contribution in [3.63, 3.8) is 0 Å². The molecule has 26 heavy (non-hydrogen) atoms. The zero-order valence-electron chi connectivity index (χ0n) is 15.9. The van der Waals surface area contributed by atoms with E-state index < -0.39 is 0 Å². The van der Waals surface area contributed by atoms with E-state index in [-0.39, 0.29) is 18.5 Å². The third kappa shape index (κ3) is 5.26. The number of halogens is 1. The van der Waals surface area contributed by atoms with Gasteiger partial charge >= 0.3 is 0 Å². The summed E-state index contributed by atoms with van der Waals surface area (Å²) in [6.07, 6.45) is 6.73. The third-order valence-electron chi connectivity index (χ3n) is 5.50. The predicted octanol–water partition coefficient (Wildman–Crippen LogP) is 3.06. The van der Waals surface area contributed by atoms with Crippen molar-refractivity contribution in [1.82, 2.24) is 4.90 Å². The maximum Gasteiger partial charge on any atom is 0.160 e. The standard InChI is InChI=1S/C20H31NO4.ClH/c1-23-19-8-7-15(13-20(19)24-2)10-12-25-18-6-4-3-5-17(18)21-11-9-16(22)14-21;/h7-8,13,16-18,22H,3-6,9-12,14H2,1-2H3;1H/t16-,17?,18+;/m1./s1/i1+1;. The largest absolute Gasteiger partial charge is 0.493 e. The minimum atomic E-state index is -0.158. The normalized spacial score (nSPS) is 26.3. The Morgan fingerprint density at radius 1 is 1.08 bits per heavy atom. The van der Waals surface area contributed by atoms with Gasteiger partial charge in [0.1, 0.15) is 0 Å². The second kappa shape index (κ2) is 10.4. The SMILES string of the molecule is COc1cc(CCO[C@H]2CCCCC2N2CC[C@@H](O)C2)ccc1O[13CH3].Cl. The number of β-amino-alcohol motifs (C(OH)–C–C–N with tert-alkyl or cyclic N) is 1. The molecule has 1 unspecified atom stereocenters.